The van der Waals surface area contributed by atoms with E-state index in [0.29, 0.717) is 5.92 Å². The van der Waals surface area contributed by atoms with E-state index in [0.717, 1.165) is 30.1 Å². The van der Waals surface area contributed by atoms with Crippen molar-refractivity contribution in [1.82, 2.24) is 0 Å². The van der Waals surface area contributed by atoms with Crippen molar-refractivity contribution in [1.29, 1.82) is 0 Å². The van der Waals surface area contributed by atoms with E-state index in [4.69, 9.17) is 0 Å². The van der Waals surface area contributed by atoms with Crippen molar-refractivity contribution in [2.24, 2.45) is 29.6 Å². The molecule has 2 bridgehead atoms. The maximum absolute atomic E-state index is 10.9. The number of hydrogen-bond donors (Lipinski definition) is 1. The van der Waals surface area contributed by atoms with Crippen molar-refractivity contribution in [2.45, 2.75) is 50.5 Å². The number of fused-ring (bicyclic) bond motifs is 4. The summed E-state index contributed by atoms with van der Waals surface area (Å²) in [5.41, 5.74) is -0.196. The van der Waals surface area contributed by atoms with Crippen LogP contribution in [-0.2, 0) is 0 Å². The third kappa shape index (κ3) is 0.743. The molecule has 0 saturated heterocycles. The van der Waals surface area contributed by atoms with Gasteiger partial charge in [-0.2, -0.15) is 0 Å². The first-order valence-corrected chi connectivity index (χ1v) is 6.51. The zero-order chi connectivity index (χ0) is 9.34. The quantitative estimate of drug-likeness (QED) is 0.625. The Morgan fingerprint density at radius 1 is 0.929 bits per heavy atom. The third-order valence-corrected chi connectivity index (χ3v) is 6.12. The number of rotatable bonds is 0. The SMILES string of the molecule is O[C@]12CC[C@@H]3CC[C@@H]([C@H]4CC[C@H]1C4)[C@H]32. The van der Waals surface area contributed by atoms with Crippen molar-refractivity contribution in [3.05, 3.63) is 0 Å². The van der Waals surface area contributed by atoms with Crippen molar-refractivity contribution in [3.63, 3.8) is 0 Å². The molecule has 0 aromatic heterocycles. The Balaban J connectivity index is 1.82. The van der Waals surface area contributed by atoms with Gasteiger partial charge in [-0.15, -0.1) is 0 Å². The highest BCUT2D eigenvalue weighted by molar-refractivity contribution is 5.13. The zero-order valence-corrected chi connectivity index (χ0v) is 8.78. The topological polar surface area (TPSA) is 20.2 Å². The fourth-order valence-corrected chi connectivity index (χ4v) is 5.67. The van der Waals surface area contributed by atoms with E-state index < -0.39 is 0 Å². The molecule has 0 amide bonds. The molecule has 0 radical (unpaired) electrons. The molecule has 78 valence electrons. The molecule has 0 aromatic carbocycles. The number of aliphatic hydroxyl groups is 1. The molecular formula is C13H20O. The van der Waals surface area contributed by atoms with E-state index in [1.807, 2.05) is 0 Å². The van der Waals surface area contributed by atoms with Gasteiger partial charge in [0.05, 0.1) is 5.60 Å². The van der Waals surface area contributed by atoms with Crippen LogP contribution in [0.15, 0.2) is 0 Å². The van der Waals surface area contributed by atoms with Gasteiger partial charge in [0.1, 0.15) is 0 Å². The average Bonchev–Trinajstić information content (AvgIpc) is 2.82. The second kappa shape index (κ2) is 2.37. The van der Waals surface area contributed by atoms with Crippen LogP contribution in [0.5, 0.6) is 0 Å². The molecule has 0 unspecified atom stereocenters. The van der Waals surface area contributed by atoms with Gasteiger partial charge in [-0.25, -0.2) is 0 Å². The Labute approximate surface area is 85.9 Å². The molecule has 4 aliphatic carbocycles. The van der Waals surface area contributed by atoms with Crippen LogP contribution in [0.4, 0.5) is 0 Å². The smallest absolute Gasteiger partial charge is 0.0709 e. The summed E-state index contributed by atoms with van der Waals surface area (Å²) in [4.78, 5) is 0. The first-order valence-electron chi connectivity index (χ1n) is 6.51. The van der Waals surface area contributed by atoms with Crippen LogP contribution in [0.1, 0.15) is 44.9 Å². The fourth-order valence-electron chi connectivity index (χ4n) is 5.67. The minimum absolute atomic E-state index is 0.196. The second-order valence-electron chi connectivity index (χ2n) is 6.33. The van der Waals surface area contributed by atoms with Gasteiger partial charge in [-0.3, -0.25) is 0 Å². The monoisotopic (exact) mass is 192 g/mol. The Morgan fingerprint density at radius 3 is 2.71 bits per heavy atom. The van der Waals surface area contributed by atoms with E-state index in [1.165, 1.54) is 38.5 Å². The standard InChI is InChI=1S/C13H20O/c14-13-6-5-8-2-4-11(12(8)13)9-1-3-10(13)7-9/h8-12,14H,1-7H2/t8-,9-,10-,11-,12-,13+/m0/s1. The van der Waals surface area contributed by atoms with Gasteiger partial charge in [-0.05, 0) is 74.5 Å². The molecule has 1 N–H and O–H groups in total. The summed E-state index contributed by atoms with van der Waals surface area (Å²) in [6.45, 7) is 0. The van der Waals surface area contributed by atoms with Gasteiger partial charge in [0.2, 0.25) is 0 Å². The summed E-state index contributed by atoms with van der Waals surface area (Å²) >= 11 is 0. The minimum Gasteiger partial charge on any atom is -0.389 e. The van der Waals surface area contributed by atoms with Gasteiger partial charge in [-0.1, -0.05) is 0 Å². The molecule has 0 aromatic rings. The molecule has 4 saturated carbocycles. The van der Waals surface area contributed by atoms with Gasteiger partial charge < -0.3 is 5.11 Å². The maximum atomic E-state index is 10.9. The lowest BCUT2D eigenvalue weighted by atomic mass is 9.65. The molecular weight excluding hydrogens is 172 g/mol. The molecule has 4 rings (SSSR count). The normalized spacial score (nSPS) is 64.5. The summed E-state index contributed by atoms with van der Waals surface area (Å²) < 4.78 is 0. The van der Waals surface area contributed by atoms with Crippen LogP contribution in [0.2, 0.25) is 0 Å². The summed E-state index contributed by atoms with van der Waals surface area (Å²) in [6, 6.07) is 0. The van der Waals surface area contributed by atoms with Crippen LogP contribution < -0.4 is 0 Å². The lowest BCUT2D eigenvalue weighted by molar-refractivity contribution is -0.0939. The molecule has 0 heterocycles. The Kier molecular flexibility index (Phi) is 1.38. The van der Waals surface area contributed by atoms with Gasteiger partial charge in [0.25, 0.3) is 0 Å². The zero-order valence-electron chi connectivity index (χ0n) is 8.78. The van der Waals surface area contributed by atoms with Crippen molar-refractivity contribution < 1.29 is 5.11 Å². The molecule has 6 atom stereocenters. The maximum Gasteiger partial charge on any atom is 0.0709 e. The van der Waals surface area contributed by atoms with E-state index in [9.17, 15) is 5.11 Å². The molecule has 14 heavy (non-hydrogen) atoms. The summed E-state index contributed by atoms with van der Waals surface area (Å²) in [5.74, 6) is 4.26. The Bertz CT molecular complexity index is 274. The lowest BCUT2D eigenvalue weighted by Gasteiger charge is -2.44. The summed E-state index contributed by atoms with van der Waals surface area (Å²) in [7, 11) is 0. The molecule has 4 fully saturated rings. The van der Waals surface area contributed by atoms with E-state index in [1.54, 1.807) is 0 Å². The molecule has 0 aliphatic heterocycles. The minimum atomic E-state index is -0.196. The lowest BCUT2D eigenvalue weighted by Crippen LogP contribution is -2.47. The number of hydrogen-bond acceptors (Lipinski definition) is 1. The average molecular weight is 192 g/mol. The van der Waals surface area contributed by atoms with Crippen molar-refractivity contribution in [3.8, 4) is 0 Å². The van der Waals surface area contributed by atoms with Crippen LogP contribution in [0.3, 0.4) is 0 Å². The van der Waals surface area contributed by atoms with Crippen LogP contribution in [-0.4, -0.2) is 10.7 Å². The summed E-state index contributed by atoms with van der Waals surface area (Å²) in [5, 5.41) is 10.9. The molecule has 0 spiro atoms. The van der Waals surface area contributed by atoms with Crippen molar-refractivity contribution in [2.75, 3.05) is 0 Å². The highest BCUT2D eigenvalue weighted by atomic mass is 16.3. The largest absolute Gasteiger partial charge is 0.389 e. The highest BCUT2D eigenvalue weighted by Crippen LogP contribution is 2.65. The summed E-state index contributed by atoms with van der Waals surface area (Å²) in [6.07, 6.45) is 9.47. The Hall–Kier alpha value is -0.0400. The van der Waals surface area contributed by atoms with Crippen LogP contribution >= 0.6 is 0 Å². The van der Waals surface area contributed by atoms with Crippen LogP contribution in [0, 0.1) is 29.6 Å². The van der Waals surface area contributed by atoms with Crippen molar-refractivity contribution >= 4 is 0 Å². The third-order valence-electron chi connectivity index (χ3n) is 6.12. The molecule has 1 nitrogen and oxygen atoms in total. The van der Waals surface area contributed by atoms with Gasteiger partial charge in [0, 0.05) is 0 Å². The molecule has 1 heteroatoms. The van der Waals surface area contributed by atoms with Gasteiger partial charge in [0.15, 0.2) is 0 Å². The predicted octanol–water partition coefficient (Wildman–Crippen LogP) is 2.58. The van der Waals surface area contributed by atoms with E-state index >= 15 is 0 Å². The predicted molar refractivity (Wildman–Crippen MR) is 54.7 cm³/mol. The Morgan fingerprint density at radius 2 is 1.79 bits per heavy atom. The second-order valence-corrected chi connectivity index (χ2v) is 6.33. The first kappa shape index (κ1) is 8.15. The van der Waals surface area contributed by atoms with Crippen LogP contribution in [0.25, 0.3) is 0 Å². The van der Waals surface area contributed by atoms with E-state index in [-0.39, 0.29) is 5.60 Å². The highest BCUT2D eigenvalue weighted by Gasteiger charge is 2.63. The fraction of sp³-hybridized carbons (Fsp3) is 1.00. The molecule has 4 aliphatic rings. The van der Waals surface area contributed by atoms with E-state index in [2.05, 4.69) is 0 Å². The first-order chi connectivity index (χ1) is 6.79. The van der Waals surface area contributed by atoms with Gasteiger partial charge >= 0.3 is 0 Å².